The fourth-order valence-electron chi connectivity index (χ4n) is 7.50. The van der Waals surface area contributed by atoms with E-state index in [2.05, 4.69) is 72.8 Å². The lowest BCUT2D eigenvalue weighted by Gasteiger charge is -2.14. The minimum Gasteiger partial charge on any atom is -0.452 e. The molecule has 11 rings (SSSR count). The molecule has 0 N–H and O–H groups in total. The Labute approximate surface area is 325 Å². The van der Waals surface area contributed by atoms with Gasteiger partial charge in [-0.3, -0.25) is 0 Å². The smallest absolute Gasteiger partial charge is 0.180 e. The maximum Gasteiger partial charge on any atom is 0.180 e. The highest BCUT2D eigenvalue weighted by Crippen LogP contribution is 2.44. The molecule has 0 spiro atoms. The van der Waals surface area contributed by atoms with Crippen LogP contribution < -0.4 is 0 Å². The molecule has 0 aliphatic rings. The Kier molecular flexibility index (Phi) is 7.57. The summed E-state index contributed by atoms with van der Waals surface area (Å²) >= 11 is 1.80. The van der Waals surface area contributed by atoms with Crippen molar-refractivity contribution in [3.63, 3.8) is 0 Å². The fourth-order valence-corrected chi connectivity index (χ4v) is 8.73. The molecule has 56 heavy (non-hydrogen) atoms. The lowest BCUT2D eigenvalue weighted by atomic mass is 9.95. The van der Waals surface area contributed by atoms with Crippen molar-refractivity contribution < 1.29 is 4.42 Å². The highest BCUT2D eigenvalue weighted by atomic mass is 32.1. The van der Waals surface area contributed by atoms with E-state index in [0.29, 0.717) is 28.9 Å². The van der Waals surface area contributed by atoms with Gasteiger partial charge in [-0.05, 0) is 29.8 Å². The number of nitrogens with zero attached hydrogens (tertiary/aromatic N) is 5. The number of rotatable bonds is 6. The summed E-state index contributed by atoms with van der Waals surface area (Å²) in [5.41, 5.74) is 9.50. The van der Waals surface area contributed by atoms with E-state index in [9.17, 15) is 0 Å². The standard InChI is InChI=1S/C49H29N5OS/c1-4-15-30(16-5-1)42-44-43(38-22-10-12-25-40(38)55-44)51-48(50-42)33-27-28-34(36-23-14-24-37-35-21-11-13-26-41(35)56-45(36)37)39(29-33)49-53-46(31-17-6-2-7-18-31)52-47(54-49)32-19-8-3-9-20-32/h1-29H. The van der Waals surface area contributed by atoms with Crippen LogP contribution in [-0.2, 0) is 0 Å². The van der Waals surface area contributed by atoms with Crippen molar-refractivity contribution in [2.45, 2.75) is 0 Å². The summed E-state index contributed by atoms with van der Waals surface area (Å²) in [6.07, 6.45) is 0. The molecule has 11 aromatic rings. The Morgan fingerprint density at radius 1 is 0.375 bits per heavy atom. The Balaban J connectivity index is 1.20. The van der Waals surface area contributed by atoms with Crippen molar-refractivity contribution in [2.75, 3.05) is 0 Å². The van der Waals surface area contributed by atoms with Crippen LogP contribution >= 0.6 is 11.3 Å². The van der Waals surface area contributed by atoms with Gasteiger partial charge in [0, 0.05) is 58.9 Å². The fraction of sp³-hybridized carbons (Fsp3) is 0. The normalized spacial score (nSPS) is 11.6. The number of thiophene rings is 1. The molecule has 4 heterocycles. The van der Waals surface area contributed by atoms with E-state index in [1.807, 2.05) is 103 Å². The monoisotopic (exact) mass is 735 g/mol. The maximum atomic E-state index is 6.42. The van der Waals surface area contributed by atoms with E-state index in [0.717, 1.165) is 61.1 Å². The first-order valence-corrected chi connectivity index (χ1v) is 19.2. The van der Waals surface area contributed by atoms with Gasteiger partial charge in [0.2, 0.25) is 0 Å². The van der Waals surface area contributed by atoms with E-state index in [1.165, 1.54) is 20.2 Å². The quantitative estimate of drug-likeness (QED) is 0.169. The molecule has 4 aromatic heterocycles. The average molecular weight is 736 g/mol. The predicted octanol–water partition coefficient (Wildman–Crippen LogP) is 12.9. The molecule has 262 valence electrons. The molecule has 0 aliphatic carbocycles. The van der Waals surface area contributed by atoms with Crippen LogP contribution in [0.4, 0.5) is 0 Å². The highest BCUT2D eigenvalue weighted by molar-refractivity contribution is 7.26. The zero-order chi connectivity index (χ0) is 37.0. The van der Waals surface area contributed by atoms with Gasteiger partial charge in [-0.2, -0.15) is 0 Å². The number of hydrogen-bond donors (Lipinski definition) is 0. The molecule has 6 nitrogen and oxygen atoms in total. The van der Waals surface area contributed by atoms with E-state index >= 15 is 0 Å². The van der Waals surface area contributed by atoms with Crippen molar-refractivity contribution in [1.29, 1.82) is 0 Å². The number of para-hydroxylation sites is 1. The molecule has 0 saturated heterocycles. The molecule has 0 radical (unpaired) electrons. The largest absolute Gasteiger partial charge is 0.452 e. The SMILES string of the molecule is c1ccc(-c2nc(-c3ccccc3)nc(-c3cc(-c4nc(-c5ccccc5)c5oc6ccccc6c5n4)ccc3-c3cccc4c3sc3ccccc34)n2)cc1. The van der Waals surface area contributed by atoms with Crippen LogP contribution in [-0.4, -0.2) is 24.9 Å². The summed E-state index contributed by atoms with van der Waals surface area (Å²) in [6, 6.07) is 59.9. The van der Waals surface area contributed by atoms with Gasteiger partial charge >= 0.3 is 0 Å². The van der Waals surface area contributed by atoms with Gasteiger partial charge in [0.25, 0.3) is 0 Å². The highest BCUT2D eigenvalue weighted by Gasteiger charge is 2.22. The molecule has 0 fully saturated rings. The number of aromatic nitrogens is 5. The molecular weight excluding hydrogens is 707 g/mol. The second-order valence-corrected chi connectivity index (χ2v) is 14.7. The van der Waals surface area contributed by atoms with Gasteiger partial charge in [0.05, 0.1) is 0 Å². The van der Waals surface area contributed by atoms with Crippen molar-refractivity contribution in [3.05, 3.63) is 176 Å². The van der Waals surface area contributed by atoms with E-state index < -0.39 is 0 Å². The first kappa shape index (κ1) is 32.1. The minimum atomic E-state index is 0.561. The summed E-state index contributed by atoms with van der Waals surface area (Å²) in [5, 5.41) is 3.40. The minimum absolute atomic E-state index is 0.561. The van der Waals surface area contributed by atoms with E-state index in [-0.39, 0.29) is 0 Å². The summed E-state index contributed by atoms with van der Waals surface area (Å²) in [4.78, 5) is 25.9. The predicted molar refractivity (Wildman–Crippen MR) is 228 cm³/mol. The summed E-state index contributed by atoms with van der Waals surface area (Å²) in [6.45, 7) is 0. The van der Waals surface area contributed by atoms with Gasteiger partial charge < -0.3 is 4.42 Å². The molecule has 0 amide bonds. The van der Waals surface area contributed by atoms with Crippen LogP contribution in [0.5, 0.6) is 0 Å². The van der Waals surface area contributed by atoms with Crippen molar-refractivity contribution >= 4 is 53.6 Å². The van der Waals surface area contributed by atoms with Gasteiger partial charge in [-0.15, -0.1) is 11.3 Å². The molecule has 0 atom stereocenters. The van der Waals surface area contributed by atoms with Crippen molar-refractivity contribution in [2.24, 2.45) is 0 Å². The van der Waals surface area contributed by atoms with Crippen molar-refractivity contribution in [1.82, 2.24) is 24.9 Å². The van der Waals surface area contributed by atoms with Crippen LogP contribution in [0.1, 0.15) is 0 Å². The third-order valence-corrected chi connectivity index (χ3v) is 11.4. The average Bonchev–Trinajstić information content (AvgIpc) is 3.85. The lowest BCUT2D eigenvalue weighted by molar-refractivity contribution is 0.667. The van der Waals surface area contributed by atoms with Crippen LogP contribution in [0.2, 0.25) is 0 Å². The van der Waals surface area contributed by atoms with Gasteiger partial charge in [-0.1, -0.05) is 152 Å². The summed E-state index contributed by atoms with van der Waals surface area (Å²) in [5.74, 6) is 2.33. The van der Waals surface area contributed by atoms with Crippen LogP contribution in [0.25, 0.3) is 110 Å². The summed E-state index contributed by atoms with van der Waals surface area (Å²) < 4.78 is 8.87. The first-order chi connectivity index (χ1) is 27.7. The first-order valence-electron chi connectivity index (χ1n) is 18.4. The molecule has 7 aromatic carbocycles. The van der Waals surface area contributed by atoms with E-state index in [4.69, 9.17) is 29.3 Å². The zero-order valence-electron chi connectivity index (χ0n) is 29.8. The van der Waals surface area contributed by atoms with Crippen LogP contribution in [0.3, 0.4) is 0 Å². The third-order valence-electron chi connectivity index (χ3n) is 10.2. The Morgan fingerprint density at radius 3 is 1.70 bits per heavy atom. The second-order valence-electron chi connectivity index (χ2n) is 13.6. The molecule has 0 bridgehead atoms. The van der Waals surface area contributed by atoms with Gasteiger partial charge in [0.1, 0.15) is 16.8 Å². The summed E-state index contributed by atoms with van der Waals surface area (Å²) in [7, 11) is 0. The van der Waals surface area contributed by atoms with Gasteiger partial charge in [0.15, 0.2) is 28.9 Å². The third kappa shape index (κ3) is 5.44. The topological polar surface area (TPSA) is 77.6 Å². The van der Waals surface area contributed by atoms with Crippen LogP contribution in [0.15, 0.2) is 180 Å². The Hall–Kier alpha value is -7.35. The number of fused-ring (bicyclic) bond motifs is 6. The molecule has 0 aliphatic heterocycles. The van der Waals surface area contributed by atoms with E-state index in [1.54, 1.807) is 11.3 Å². The molecule has 0 unspecified atom stereocenters. The lowest BCUT2D eigenvalue weighted by Crippen LogP contribution is -2.02. The molecule has 7 heteroatoms. The molecular formula is C49H29N5OS. The zero-order valence-corrected chi connectivity index (χ0v) is 30.6. The number of benzene rings is 7. The van der Waals surface area contributed by atoms with Gasteiger partial charge in [-0.25, -0.2) is 24.9 Å². The van der Waals surface area contributed by atoms with Crippen LogP contribution in [0, 0.1) is 0 Å². The maximum absolute atomic E-state index is 6.42. The molecule has 0 saturated carbocycles. The van der Waals surface area contributed by atoms with Crippen molar-refractivity contribution in [3.8, 4) is 67.9 Å². The Bertz CT molecular complexity index is 3190. The number of hydrogen-bond acceptors (Lipinski definition) is 7. The second kappa shape index (κ2) is 13.2. The Morgan fingerprint density at radius 2 is 0.964 bits per heavy atom. The number of furan rings is 1.